The number of fused-ring (bicyclic) bond motifs is 1. The molecule has 3 N–H and O–H groups in total. The highest BCUT2D eigenvalue weighted by Gasteiger charge is 2.25. The van der Waals surface area contributed by atoms with E-state index in [1.54, 1.807) is 16.9 Å². The van der Waals surface area contributed by atoms with Crippen molar-refractivity contribution in [3.05, 3.63) is 69.8 Å². The highest BCUT2D eigenvalue weighted by atomic mass is 16.1. The predicted molar refractivity (Wildman–Crippen MR) is 115 cm³/mol. The van der Waals surface area contributed by atoms with Crippen LogP contribution in [-0.4, -0.2) is 20.0 Å². The normalized spacial score (nSPS) is 13.5. The van der Waals surface area contributed by atoms with Gasteiger partial charge in [0.05, 0.1) is 34.6 Å². The van der Waals surface area contributed by atoms with E-state index in [4.69, 9.17) is 5.73 Å². The number of nitriles is 1. The third-order valence-corrected chi connectivity index (χ3v) is 5.78. The van der Waals surface area contributed by atoms with E-state index >= 15 is 0 Å². The van der Waals surface area contributed by atoms with Gasteiger partial charge in [0.1, 0.15) is 0 Å². The Balaban J connectivity index is 1.70. The summed E-state index contributed by atoms with van der Waals surface area (Å²) in [4.78, 5) is 12.2. The van der Waals surface area contributed by atoms with Gasteiger partial charge in [-0.05, 0) is 48.1 Å². The van der Waals surface area contributed by atoms with Gasteiger partial charge in [-0.3, -0.25) is 9.48 Å². The zero-order valence-corrected chi connectivity index (χ0v) is 16.5. The van der Waals surface area contributed by atoms with Gasteiger partial charge in [-0.2, -0.15) is 15.5 Å². The average molecular weight is 396 g/mol. The molecular formula is C23H20N6O. The summed E-state index contributed by atoms with van der Waals surface area (Å²) in [5, 5.41) is 22.1. The van der Waals surface area contributed by atoms with E-state index in [0.717, 1.165) is 27.8 Å². The number of nitrogens with one attached hydrogen (secondary N) is 1. The Morgan fingerprint density at radius 3 is 2.77 bits per heavy atom. The predicted octanol–water partition coefficient (Wildman–Crippen LogP) is 3.20. The maximum atomic E-state index is 12.2. The van der Waals surface area contributed by atoms with Crippen molar-refractivity contribution < 1.29 is 0 Å². The Kier molecular flexibility index (Phi) is 4.23. The molecule has 0 atom stereocenters. The lowest BCUT2D eigenvalue weighted by molar-refractivity contribution is 0.775. The Labute approximate surface area is 172 Å². The third-order valence-electron chi connectivity index (χ3n) is 5.78. The van der Waals surface area contributed by atoms with Crippen LogP contribution in [-0.2, 0) is 13.6 Å². The third kappa shape index (κ3) is 2.90. The van der Waals surface area contributed by atoms with Crippen LogP contribution in [0.15, 0.2) is 47.4 Å². The van der Waals surface area contributed by atoms with Gasteiger partial charge in [0.25, 0.3) is 5.56 Å². The number of aromatic amines is 1. The van der Waals surface area contributed by atoms with Crippen LogP contribution >= 0.6 is 0 Å². The van der Waals surface area contributed by atoms with Crippen LogP contribution in [0.1, 0.15) is 35.6 Å². The standard InChI is InChI=1S/C23H20N6O/c1-29-22(17-6-4-14(13-2-3-13)8-16(17)10-24)20(12-26-29)15-5-7-18-19(9-15)21(11-25)27-28-23(18)30/h4-9,12-13H,2-3,11,25H2,1H3,(H,28,30). The van der Waals surface area contributed by atoms with Crippen LogP contribution in [0.4, 0.5) is 0 Å². The summed E-state index contributed by atoms with van der Waals surface area (Å²) in [5.74, 6) is 0.581. The molecule has 148 valence electrons. The van der Waals surface area contributed by atoms with Gasteiger partial charge in [0, 0.05) is 30.1 Å². The first-order valence-electron chi connectivity index (χ1n) is 9.89. The Bertz CT molecular complexity index is 1390. The number of nitrogens with two attached hydrogens (primary N) is 1. The monoisotopic (exact) mass is 396 g/mol. The van der Waals surface area contributed by atoms with Gasteiger partial charge in [0.2, 0.25) is 0 Å². The molecule has 5 rings (SSSR count). The second-order valence-electron chi connectivity index (χ2n) is 7.69. The quantitative estimate of drug-likeness (QED) is 0.550. The van der Waals surface area contributed by atoms with Crippen LogP contribution in [0.3, 0.4) is 0 Å². The fraction of sp³-hybridized carbons (Fsp3) is 0.217. The number of aromatic nitrogens is 4. The van der Waals surface area contributed by atoms with Gasteiger partial charge >= 0.3 is 0 Å². The number of nitrogens with zero attached hydrogens (tertiary/aromatic N) is 4. The molecule has 30 heavy (non-hydrogen) atoms. The molecule has 0 amide bonds. The van der Waals surface area contributed by atoms with E-state index in [1.807, 2.05) is 31.3 Å². The molecule has 0 aliphatic heterocycles. The average Bonchev–Trinajstić information content (AvgIpc) is 3.55. The summed E-state index contributed by atoms with van der Waals surface area (Å²) >= 11 is 0. The van der Waals surface area contributed by atoms with E-state index in [-0.39, 0.29) is 12.1 Å². The molecule has 0 radical (unpaired) electrons. The van der Waals surface area contributed by atoms with Crippen molar-refractivity contribution >= 4 is 10.8 Å². The minimum atomic E-state index is -0.248. The van der Waals surface area contributed by atoms with Crippen LogP contribution in [0.2, 0.25) is 0 Å². The summed E-state index contributed by atoms with van der Waals surface area (Å²) in [6.45, 7) is 0.220. The second kappa shape index (κ2) is 6.94. The van der Waals surface area contributed by atoms with E-state index in [1.165, 1.54) is 18.4 Å². The van der Waals surface area contributed by atoms with Crippen molar-refractivity contribution in [3.63, 3.8) is 0 Å². The first-order chi connectivity index (χ1) is 14.6. The van der Waals surface area contributed by atoms with Crippen molar-refractivity contribution in [1.29, 1.82) is 5.26 Å². The lowest BCUT2D eigenvalue weighted by Crippen LogP contribution is -2.13. The SMILES string of the molecule is Cn1ncc(-c2ccc3c(=O)[nH]nc(CN)c3c2)c1-c1ccc(C2CC2)cc1C#N. The molecule has 2 aromatic heterocycles. The van der Waals surface area contributed by atoms with Gasteiger partial charge in [0.15, 0.2) is 0 Å². The molecule has 1 saturated carbocycles. The number of hydrogen-bond acceptors (Lipinski definition) is 5. The lowest BCUT2D eigenvalue weighted by atomic mass is 9.94. The second-order valence-corrected chi connectivity index (χ2v) is 7.69. The fourth-order valence-corrected chi connectivity index (χ4v) is 4.04. The molecule has 1 fully saturated rings. The van der Waals surface area contributed by atoms with E-state index in [0.29, 0.717) is 22.6 Å². The molecule has 0 saturated heterocycles. The van der Waals surface area contributed by atoms with Crippen molar-refractivity contribution in [2.75, 3.05) is 0 Å². The summed E-state index contributed by atoms with van der Waals surface area (Å²) in [6, 6.07) is 14.1. The Morgan fingerprint density at radius 2 is 2.03 bits per heavy atom. The molecular weight excluding hydrogens is 376 g/mol. The summed E-state index contributed by atoms with van der Waals surface area (Å²) in [6.07, 6.45) is 4.17. The Hall–Kier alpha value is -3.76. The molecule has 7 heteroatoms. The zero-order valence-electron chi connectivity index (χ0n) is 16.5. The van der Waals surface area contributed by atoms with E-state index < -0.39 is 0 Å². The fourth-order valence-electron chi connectivity index (χ4n) is 4.04. The summed E-state index contributed by atoms with van der Waals surface area (Å²) in [7, 11) is 1.87. The smallest absolute Gasteiger partial charge is 0.272 e. The number of H-pyrrole nitrogens is 1. The first kappa shape index (κ1) is 18.3. The molecule has 0 spiro atoms. The van der Waals surface area contributed by atoms with Crippen LogP contribution in [0, 0.1) is 11.3 Å². The number of aryl methyl sites for hydroxylation is 1. The van der Waals surface area contributed by atoms with Crippen molar-refractivity contribution in [2.45, 2.75) is 25.3 Å². The maximum Gasteiger partial charge on any atom is 0.272 e. The minimum Gasteiger partial charge on any atom is -0.325 e. The highest BCUT2D eigenvalue weighted by Crippen LogP contribution is 2.42. The minimum absolute atomic E-state index is 0.220. The topological polar surface area (TPSA) is 113 Å². The van der Waals surface area contributed by atoms with Crippen molar-refractivity contribution in [3.8, 4) is 28.5 Å². The summed E-state index contributed by atoms with van der Waals surface area (Å²) in [5.41, 5.74) is 11.6. The Morgan fingerprint density at radius 1 is 1.20 bits per heavy atom. The van der Waals surface area contributed by atoms with E-state index in [9.17, 15) is 10.1 Å². The molecule has 1 aliphatic carbocycles. The van der Waals surface area contributed by atoms with E-state index in [2.05, 4.69) is 27.4 Å². The zero-order chi connectivity index (χ0) is 20.8. The molecule has 7 nitrogen and oxygen atoms in total. The number of benzene rings is 2. The highest BCUT2D eigenvalue weighted by molar-refractivity contribution is 5.91. The number of rotatable bonds is 4. The van der Waals surface area contributed by atoms with Crippen LogP contribution in [0.5, 0.6) is 0 Å². The van der Waals surface area contributed by atoms with Gasteiger partial charge < -0.3 is 5.73 Å². The largest absolute Gasteiger partial charge is 0.325 e. The lowest BCUT2D eigenvalue weighted by Gasteiger charge is -2.11. The molecule has 2 aromatic carbocycles. The van der Waals surface area contributed by atoms with Gasteiger partial charge in [-0.25, -0.2) is 5.10 Å². The molecule has 1 aliphatic rings. The van der Waals surface area contributed by atoms with Crippen molar-refractivity contribution in [2.24, 2.45) is 12.8 Å². The van der Waals surface area contributed by atoms with Crippen molar-refractivity contribution in [1.82, 2.24) is 20.0 Å². The van der Waals surface area contributed by atoms with Crippen LogP contribution in [0.25, 0.3) is 33.2 Å². The summed E-state index contributed by atoms with van der Waals surface area (Å²) < 4.78 is 1.78. The molecule has 0 bridgehead atoms. The van der Waals surface area contributed by atoms with Gasteiger partial charge in [-0.1, -0.05) is 18.2 Å². The maximum absolute atomic E-state index is 12.2. The first-order valence-corrected chi connectivity index (χ1v) is 9.89. The molecule has 0 unspecified atom stereocenters. The van der Waals surface area contributed by atoms with Gasteiger partial charge in [-0.15, -0.1) is 0 Å². The molecule has 4 aromatic rings. The molecule has 2 heterocycles. The number of hydrogen-bond donors (Lipinski definition) is 2. The van der Waals surface area contributed by atoms with Crippen LogP contribution < -0.4 is 11.3 Å².